The van der Waals surface area contributed by atoms with Crippen molar-refractivity contribution in [1.82, 2.24) is 15.3 Å². The van der Waals surface area contributed by atoms with Gasteiger partial charge in [0.1, 0.15) is 11.5 Å². The summed E-state index contributed by atoms with van der Waals surface area (Å²) in [5.41, 5.74) is 4.49. The molecule has 3 rings (SSSR count). The molecule has 138 valence electrons. The molecule has 0 bridgehead atoms. The minimum absolute atomic E-state index is 0.258. The van der Waals surface area contributed by atoms with E-state index in [0.29, 0.717) is 17.4 Å². The predicted octanol–water partition coefficient (Wildman–Crippen LogP) is 4.67. The molecule has 0 aliphatic heterocycles. The van der Waals surface area contributed by atoms with E-state index in [1.807, 2.05) is 37.3 Å². The lowest BCUT2D eigenvalue weighted by atomic mass is 10.1. The van der Waals surface area contributed by atoms with Gasteiger partial charge in [0.25, 0.3) is 5.91 Å². The number of carbonyl (C=O) groups is 1. The molecule has 0 aliphatic rings. The third kappa shape index (κ3) is 4.63. The highest BCUT2D eigenvalue weighted by atomic mass is 35.5. The van der Waals surface area contributed by atoms with Crippen LogP contribution in [-0.2, 0) is 13.0 Å². The summed E-state index contributed by atoms with van der Waals surface area (Å²) in [7, 11) is 0. The van der Waals surface area contributed by atoms with Crippen LogP contribution in [-0.4, -0.2) is 15.9 Å². The van der Waals surface area contributed by atoms with Gasteiger partial charge in [-0.3, -0.25) is 4.79 Å². The lowest BCUT2D eigenvalue weighted by molar-refractivity contribution is 0.0945. The van der Waals surface area contributed by atoms with Crippen LogP contribution in [0, 0.1) is 6.92 Å². The molecule has 1 heterocycles. The molecule has 27 heavy (non-hydrogen) atoms. The summed E-state index contributed by atoms with van der Waals surface area (Å²) in [6.45, 7) is 4.49. The van der Waals surface area contributed by atoms with Gasteiger partial charge in [0.05, 0.1) is 12.4 Å². The average Bonchev–Trinajstić information content (AvgIpc) is 2.69. The molecule has 3 aromatic rings. The number of nitrogens with zero attached hydrogens (tertiary/aromatic N) is 2. The topological polar surface area (TPSA) is 66.9 Å². The summed E-state index contributed by atoms with van der Waals surface area (Å²) in [5, 5.41) is 6.73. The molecular formula is C21H21ClN4O. The molecule has 0 spiro atoms. The van der Waals surface area contributed by atoms with Gasteiger partial charge in [-0.25, -0.2) is 9.97 Å². The zero-order chi connectivity index (χ0) is 19.2. The van der Waals surface area contributed by atoms with E-state index >= 15 is 0 Å². The second kappa shape index (κ2) is 8.64. The van der Waals surface area contributed by atoms with Gasteiger partial charge in [0, 0.05) is 17.3 Å². The van der Waals surface area contributed by atoms with Crippen LogP contribution in [0.1, 0.15) is 34.1 Å². The Labute approximate surface area is 163 Å². The van der Waals surface area contributed by atoms with Crippen LogP contribution in [0.25, 0.3) is 0 Å². The Kier molecular flexibility index (Phi) is 6.04. The number of halogens is 1. The summed E-state index contributed by atoms with van der Waals surface area (Å²) in [4.78, 5) is 20.8. The Morgan fingerprint density at radius 2 is 1.81 bits per heavy atom. The van der Waals surface area contributed by atoms with Crippen molar-refractivity contribution in [3.63, 3.8) is 0 Å². The fourth-order valence-electron chi connectivity index (χ4n) is 2.75. The summed E-state index contributed by atoms with van der Waals surface area (Å²) in [6, 6.07) is 13.6. The number of aromatic nitrogens is 2. The van der Waals surface area contributed by atoms with Gasteiger partial charge in [0.2, 0.25) is 0 Å². The zero-order valence-corrected chi connectivity index (χ0v) is 16.0. The molecule has 0 fully saturated rings. The van der Waals surface area contributed by atoms with E-state index in [1.165, 1.54) is 11.8 Å². The Hall–Kier alpha value is -2.92. The van der Waals surface area contributed by atoms with Gasteiger partial charge >= 0.3 is 0 Å². The van der Waals surface area contributed by atoms with E-state index in [9.17, 15) is 4.79 Å². The van der Waals surface area contributed by atoms with E-state index in [-0.39, 0.29) is 11.6 Å². The SMILES string of the molecule is CCc1cccc(C)c1Nc1cnc(C(=O)NCc2ccccc2Cl)cn1. The number of nitrogens with one attached hydrogen (secondary N) is 2. The highest BCUT2D eigenvalue weighted by Crippen LogP contribution is 2.24. The van der Waals surface area contributed by atoms with E-state index in [2.05, 4.69) is 33.6 Å². The first-order valence-electron chi connectivity index (χ1n) is 8.77. The summed E-state index contributed by atoms with van der Waals surface area (Å²) in [6.07, 6.45) is 3.95. The largest absolute Gasteiger partial charge is 0.347 e. The fraction of sp³-hybridized carbons (Fsp3) is 0.190. The van der Waals surface area contributed by atoms with Crippen molar-refractivity contribution in [2.45, 2.75) is 26.8 Å². The molecule has 1 amide bonds. The van der Waals surface area contributed by atoms with Crippen LogP contribution >= 0.6 is 11.6 Å². The van der Waals surface area contributed by atoms with Crippen molar-refractivity contribution >= 4 is 29.0 Å². The molecule has 0 unspecified atom stereocenters. The van der Waals surface area contributed by atoms with Crippen LogP contribution in [0.4, 0.5) is 11.5 Å². The number of para-hydroxylation sites is 1. The first-order valence-corrected chi connectivity index (χ1v) is 9.15. The Balaban J connectivity index is 1.67. The Morgan fingerprint density at radius 1 is 1.04 bits per heavy atom. The molecular weight excluding hydrogens is 360 g/mol. The highest BCUT2D eigenvalue weighted by molar-refractivity contribution is 6.31. The van der Waals surface area contributed by atoms with Gasteiger partial charge in [-0.15, -0.1) is 0 Å². The third-order valence-electron chi connectivity index (χ3n) is 4.27. The van der Waals surface area contributed by atoms with Crippen molar-refractivity contribution in [3.8, 4) is 0 Å². The van der Waals surface area contributed by atoms with Crippen molar-refractivity contribution < 1.29 is 4.79 Å². The summed E-state index contributed by atoms with van der Waals surface area (Å²) in [5.74, 6) is 0.306. The van der Waals surface area contributed by atoms with Gasteiger partial charge in [-0.2, -0.15) is 0 Å². The van der Waals surface area contributed by atoms with Crippen LogP contribution in [0.15, 0.2) is 54.9 Å². The van der Waals surface area contributed by atoms with Crippen LogP contribution in [0.5, 0.6) is 0 Å². The number of carbonyl (C=O) groups excluding carboxylic acids is 1. The van der Waals surface area contributed by atoms with Gasteiger partial charge in [-0.1, -0.05) is 54.9 Å². The molecule has 0 radical (unpaired) electrons. The number of hydrogen-bond acceptors (Lipinski definition) is 4. The zero-order valence-electron chi connectivity index (χ0n) is 15.3. The predicted molar refractivity (Wildman–Crippen MR) is 108 cm³/mol. The first kappa shape index (κ1) is 18.9. The quantitative estimate of drug-likeness (QED) is 0.651. The third-order valence-corrected chi connectivity index (χ3v) is 4.64. The van der Waals surface area contributed by atoms with E-state index in [4.69, 9.17) is 11.6 Å². The number of hydrogen-bond donors (Lipinski definition) is 2. The standard InChI is InChI=1S/C21H21ClN4O/c1-3-15-9-6-7-14(2)20(15)26-19-13-23-18(12-24-19)21(27)25-11-16-8-4-5-10-17(16)22/h4-10,12-13H,3,11H2,1-2H3,(H,24,26)(H,25,27). The normalized spacial score (nSPS) is 10.5. The van der Waals surface area contributed by atoms with Gasteiger partial charge in [-0.05, 0) is 36.1 Å². The fourth-order valence-corrected chi connectivity index (χ4v) is 2.95. The van der Waals surface area contributed by atoms with E-state index < -0.39 is 0 Å². The van der Waals surface area contributed by atoms with Crippen LogP contribution in [0.3, 0.4) is 0 Å². The second-order valence-electron chi connectivity index (χ2n) is 6.15. The minimum Gasteiger partial charge on any atom is -0.347 e. The minimum atomic E-state index is -0.292. The maximum atomic E-state index is 12.3. The lowest BCUT2D eigenvalue weighted by Gasteiger charge is -2.13. The van der Waals surface area contributed by atoms with Crippen molar-refractivity contribution in [3.05, 3.63) is 82.3 Å². The number of anilines is 2. The summed E-state index contributed by atoms with van der Waals surface area (Å²) >= 11 is 6.10. The van der Waals surface area contributed by atoms with Crippen LogP contribution < -0.4 is 10.6 Å². The highest BCUT2D eigenvalue weighted by Gasteiger charge is 2.10. The number of amides is 1. The Morgan fingerprint density at radius 3 is 2.52 bits per heavy atom. The van der Waals surface area contributed by atoms with Crippen molar-refractivity contribution in [1.29, 1.82) is 0 Å². The van der Waals surface area contributed by atoms with Crippen LogP contribution in [0.2, 0.25) is 5.02 Å². The Bertz CT molecular complexity index is 941. The molecule has 5 nitrogen and oxygen atoms in total. The molecule has 2 aromatic carbocycles. The second-order valence-corrected chi connectivity index (χ2v) is 6.56. The molecule has 1 aromatic heterocycles. The summed E-state index contributed by atoms with van der Waals surface area (Å²) < 4.78 is 0. The number of benzene rings is 2. The first-order chi connectivity index (χ1) is 13.1. The van der Waals surface area contributed by atoms with E-state index in [0.717, 1.165) is 23.2 Å². The van der Waals surface area contributed by atoms with Crippen molar-refractivity contribution in [2.75, 3.05) is 5.32 Å². The van der Waals surface area contributed by atoms with Gasteiger partial charge in [0.15, 0.2) is 0 Å². The smallest absolute Gasteiger partial charge is 0.271 e. The molecule has 6 heteroatoms. The molecule has 0 aliphatic carbocycles. The molecule has 2 N–H and O–H groups in total. The average molecular weight is 381 g/mol. The molecule has 0 saturated carbocycles. The maximum absolute atomic E-state index is 12.3. The lowest BCUT2D eigenvalue weighted by Crippen LogP contribution is -2.24. The number of aryl methyl sites for hydroxylation is 2. The van der Waals surface area contributed by atoms with Gasteiger partial charge < -0.3 is 10.6 Å². The van der Waals surface area contributed by atoms with Crippen molar-refractivity contribution in [2.24, 2.45) is 0 Å². The monoisotopic (exact) mass is 380 g/mol. The maximum Gasteiger partial charge on any atom is 0.271 e. The van der Waals surface area contributed by atoms with E-state index in [1.54, 1.807) is 12.3 Å². The molecule has 0 atom stereocenters. The number of rotatable bonds is 6. The molecule has 0 saturated heterocycles.